The second kappa shape index (κ2) is 6.86. The SMILES string of the molecule is Cc1cc(NC(C)CCc2ccccc2)nc(NN)n1. The zero-order valence-electron chi connectivity index (χ0n) is 11.9. The Hall–Kier alpha value is -2.14. The molecule has 0 spiro atoms. The van der Waals surface area contributed by atoms with Gasteiger partial charge in [-0.25, -0.2) is 10.8 Å². The first-order valence-corrected chi connectivity index (χ1v) is 6.80. The Morgan fingerprint density at radius 3 is 2.65 bits per heavy atom. The molecule has 0 aliphatic rings. The molecule has 20 heavy (non-hydrogen) atoms. The first-order valence-electron chi connectivity index (χ1n) is 6.80. The van der Waals surface area contributed by atoms with E-state index < -0.39 is 0 Å². The average Bonchev–Trinajstić information content (AvgIpc) is 2.45. The van der Waals surface area contributed by atoms with E-state index in [0.29, 0.717) is 12.0 Å². The molecule has 0 aliphatic carbocycles. The molecule has 0 radical (unpaired) electrons. The molecule has 5 heteroatoms. The summed E-state index contributed by atoms with van der Waals surface area (Å²) in [5.74, 6) is 6.58. The average molecular weight is 271 g/mol. The first kappa shape index (κ1) is 14.3. The van der Waals surface area contributed by atoms with Gasteiger partial charge < -0.3 is 5.32 Å². The van der Waals surface area contributed by atoms with E-state index in [1.807, 2.05) is 19.1 Å². The third-order valence-corrected chi connectivity index (χ3v) is 3.09. The van der Waals surface area contributed by atoms with E-state index in [0.717, 1.165) is 24.4 Å². The largest absolute Gasteiger partial charge is 0.367 e. The molecule has 0 saturated carbocycles. The minimum absolute atomic E-state index is 0.329. The third-order valence-electron chi connectivity index (χ3n) is 3.09. The van der Waals surface area contributed by atoms with E-state index in [2.05, 4.69) is 51.9 Å². The molecule has 0 saturated heterocycles. The highest BCUT2D eigenvalue weighted by Crippen LogP contribution is 2.12. The summed E-state index contributed by atoms with van der Waals surface area (Å²) in [6.45, 7) is 4.07. The number of hydrogen-bond donors (Lipinski definition) is 3. The maximum atomic E-state index is 5.35. The lowest BCUT2D eigenvalue weighted by molar-refractivity contribution is 0.702. The molecule has 1 atom stereocenters. The summed E-state index contributed by atoms with van der Waals surface area (Å²) in [5, 5.41) is 3.38. The lowest BCUT2D eigenvalue weighted by Gasteiger charge is -2.15. The minimum atomic E-state index is 0.329. The molecule has 4 N–H and O–H groups in total. The van der Waals surface area contributed by atoms with Gasteiger partial charge in [-0.05, 0) is 32.3 Å². The van der Waals surface area contributed by atoms with Crippen LogP contribution in [-0.4, -0.2) is 16.0 Å². The minimum Gasteiger partial charge on any atom is -0.367 e. The molecule has 5 nitrogen and oxygen atoms in total. The Kier molecular flexibility index (Phi) is 4.90. The van der Waals surface area contributed by atoms with Crippen molar-refractivity contribution >= 4 is 11.8 Å². The van der Waals surface area contributed by atoms with Gasteiger partial charge in [-0.2, -0.15) is 4.98 Å². The predicted octanol–water partition coefficient (Wildman–Crippen LogP) is 2.50. The van der Waals surface area contributed by atoms with E-state index in [-0.39, 0.29) is 0 Å². The van der Waals surface area contributed by atoms with Gasteiger partial charge in [-0.1, -0.05) is 30.3 Å². The topological polar surface area (TPSA) is 75.9 Å². The number of rotatable bonds is 6. The van der Waals surface area contributed by atoms with Gasteiger partial charge in [-0.3, -0.25) is 5.43 Å². The van der Waals surface area contributed by atoms with Crippen molar-refractivity contribution in [3.8, 4) is 0 Å². The van der Waals surface area contributed by atoms with Crippen molar-refractivity contribution in [1.29, 1.82) is 0 Å². The molecule has 0 fully saturated rings. The van der Waals surface area contributed by atoms with E-state index in [9.17, 15) is 0 Å². The smallest absolute Gasteiger partial charge is 0.239 e. The molecule has 2 aromatic rings. The maximum absolute atomic E-state index is 5.35. The standard InChI is InChI=1S/C15H21N5/c1-11(8-9-13-6-4-3-5-7-13)17-14-10-12(2)18-15(19-14)20-16/h3-7,10-11H,8-9,16H2,1-2H3,(H2,17,18,19,20). The highest BCUT2D eigenvalue weighted by Gasteiger charge is 2.06. The molecule has 0 aliphatic heterocycles. The molecule has 1 heterocycles. The quantitative estimate of drug-likeness (QED) is 0.556. The van der Waals surface area contributed by atoms with Crippen LogP contribution in [0.4, 0.5) is 11.8 Å². The van der Waals surface area contributed by atoms with Gasteiger partial charge in [0.25, 0.3) is 0 Å². The fourth-order valence-electron chi connectivity index (χ4n) is 2.06. The van der Waals surface area contributed by atoms with Crippen molar-refractivity contribution < 1.29 is 0 Å². The summed E-state index contributed by atoms with van der Waals surface area (Å²) in [5.41, 5.74) is 4.71. The molecule has 1 aromatic carbocycles. The van der Waals surface area contributed by atoms with Crippen LogP contribution in [-0.2, 0) is 6.42 Å². The number of nitrogens with one attached hydrogen (secondary N) is 2. The zero-order chi connectivity index (χ0) is 14.4. The summed E-state index contributed by atoms with van der Waals surface area (Å²) >= 11 is 0. The Morgan fingerprint density at radius 2 is 1.95 bits per heavy atom. The summed E-state index contributed by atoms with van der Waals surface area (Å²) in [4.78, 5) is 8.45. The number of aryl methyl sites for hydroxylation is 2. The number of benzene rings is 1. The van der Waals surface area contributed by atoms with E-state index in [1.165, 1.54) is 5.56 Å². The Labute approximate surface area is 119 Å². The van der Waals surface area contributed by atoms with E-state index in [4.69, 9.17) is 5.84 Å². The molecular weight excluding hydrogens is 250 g/mol. The normalized spacial score (nSPS) is 11.9. The molecule has 1 unspecified atom stereocenters. The molecule has 0 amide bonds. The van der Waals surface area contributed by atoms with Crippen LogP contribution in [0.2, 0.25) is 0 Å². The fraction of sp³-hybridized carbons (Fsp3) is 0.333. The monoisotopic (exact) mass is 271 g/mol. The van der Waals surface area contributed by atoms with Crippen LogP contribution in [0.1, 0.15) is 24.6 Å². The highest BCUT2D eigenvalue weighted by molar-refractivity contribution is 5.42. The molecular formula is C15H21N5. The van der Waals surface area contributed by atoms with Gasteiger partial charge in [0, 0.05) is 17.8 Å². The van der Waals surface area contributed by atoms with Crippen LogP contribution in [0.5, 0.6) is 0 Å². The van der Waals surface area contributed by atoms with Gasteiger partial charge in [-0.15, -0.1) is 0 Å². The molecule has 106 valence electrons. The van der Waals surface area contributed by atoms with Gasteiger partial charge in [0.15, 0.2) is 0 Å². The van der Waals surface area contributed by atoms with Crippen LogP contribution in [0.15, 0.2) is 36.4 Å². The van der Waals surface area contributed by atoms with Crippen LogP contribution >= 0.6 is 0 Å². The number of hydrogen-bond acceptors (Lipinski definition) is 5. The summed E-state index contributed by atoms with van der Waals surface area (Å²) in [6, 6.07) is 12.7. The van der Waals surface area contributed by atoms with Crippen molar-refractivity contribution in [3.05, 3.63) is 47.7 Å². The van der Waals surface area contributed by atoms with Gasteiger partial charge in [0.2, 0.25) is 5.95 Å². The maximum Gasteiger partial charge on any atom is 0.239 e. The Morgan fingerprint density at radius 1 is 1.20 bits per heavy atom. The number of aromatic nitrogens is 2. The van der Waals surface area contributed by atoms with Crippen molar-refractivity contribution in [2.45, 2.75) is 32.7 Å². The predicted molar refractivity (Wildman–Crippen MR) is 82.4 cm³/mol. The van der Waals surface area contributed by atoms with Crippen LogP contribution in [0.3, 0.4) is 0 Å². The number of hydrazine groups is 1. The number of anilines is 2. The van der Waals surface area contributed by atoms with Gasteiger partial charge in [0.1, 0.15) is 5.82 Å². The third kappa shape index (κ3) is 4.20. The summed E-state index contributed by atoms with van der Waals surface area (Å²) in [7, 11) is 0. The lowest BCUT2D eigenvalue weighted by atomic mass is 10.1. The zero-order valence-corrected chi connectivity index (χ0v) is 11.9. The number of nitrogens with two attached hydrogens (primary N) is 1. The number of nitrogens with zero attached hydrogens (tertiary/aromatic N) is 2. The summed E-state index contributed by atoms with van der Waals surface area (Å²) < 4.78 is 0. The second-order valence-corrected chi connectivity index (χ2v) is 4.93. The Bertz CT molecular complexity index is 541. The number of nitrogen functional groups attached to an aromatic ring is 1. The highest BCUT2D eigenvalue weighted by atomic mass is 15.3. The lowest BCUT2D eigenvalue weighted by Crippen LogP contribution is -2.18. The second-order valence-electron chi connectivity index (χ2n) is 4.93. The van der Waals surface area contributed by atoms with Crippen molar-refractivity contribution in [2.75, 3.05) is 10.7 Å². The van der Waals surface area contributed by atoms with Crippen molar-refractivity contribution in [2.24, 2.45) is 5.84 Å². The van der Waals surface area contributed by atoms with Gasteiger partial charge in [0.05, 0.1) is 0 Å². The Balaban J connectivity index is 1.91. The first-order chi connectivity index (χ1) is 9.67. The van der Waals surface area contributed by atoms with Crippen LogP contribution in [0.25, 0.3) is 0 Å². The van der Waals surface area contributed by atoms with E-state index in [1.54, 1.807) is 0 Å². The van der Waals surface area contributed by atoms with Crippen LogP contribution in [0, 0.1) is 6.92 Å². The van der Waals surface area contributed by atoms with Crippen LogP contribution < -0.4 is 16.6 Å². The van der Waals surface area contributed by atoms with Crippen molar-refractivity contribution in [1.82, 2.24) is 9.97 Å². The summed E-state index contributed by atoms with van der Waals surface area (Å²) in [6.07, 6.45) is 2.08. The molecule has 2 rings (SSSR count). The van der Waals surface area contributed by atoms with Crippen molar-refractivity contribution in [3.63, 3.8) is 0 Å². The fourth-order valence-corrected chi connectivity index (χ4v) is 2.06. The van der Waals surface area contributed by atoms with E-state index >= 15 is 0 Å². The van der Waals surface area contributed by atoms with Gasteiger partial charge >= 0.3 is 0 Å². The molecule has 1 aromatic heterocycles. The molecule has 0 bridgehead atoms.